The summed E-state index contributed by atoms with van der Waals surface area (Å²) in [5.41, 5.74) is -0.181. The number of Topliss-reactive ketones (excluding diaryl/α,β-unsaturated/α-hetero) is 1. The first-order valence-corrected chi connectivity index (χ1v) is 9.55. The van der Waals surface area contributed by atoms with E-state index < -0.39 is 28.9 Å². The van der Waals surface area contributed by atoms with Gasteiger partial charge in [0, 0.05) is 30.8 Å². The van der Waals surface area contributed by atoms with Gasteiger partial charge in [0.1, 0.15) is 5.82 Å². The molecule has 0 aliphatic carbocycles. The van der Waals surface area contributed by atoms with Crippen molar-refractivity contribution < 1.29 is 22.4 Å². The molecule has 3 nitrogen and oxygen atoms in total. The number of hydrogen-bond acceptors (Lipinski definition) is 3. The van der Waals surface area contributed by atoms with E-state index in [9.17, 15) is 22.4 Å². The molecule has 0 radical (unpaired) electrons. The Morgan fingerprint density at radius 3 is 2.48 bits per heavy atom. The predicted octanol–water partition coefficient (Wildman–Crippen LogP) is 4.80. The number of carbonyl (C=O) groups excluding carboxylic acids is 1. The van der Waals surface area contributed by atoms with Crippen LogP contribution in [0.3, 0.4) is 0 Å². The zero-order valence-electron chi connectivity index (χ0n) is 16.5. The van der Waals surface area contributed by atoms with Crippen LogP contribution in [0.1, 0.15) is 34.3 Å². The number of anilines is 1. The van der Waals surface area contributed by atoms with Gasteiger partial charge in [0.05, 0.1) is 5.56 Å². The fourth-order valence-corrected chi connectivity index (χ4v) is 3.75. The van der Waals surface area contributed by atoms with Gasteiger partial charge in [-0.15, -0.1) is 0 Å². The number of ketones is 1. The molecule has 0 bridgehead atoms. The van der Waals surface area contributed by atoms with Crippen LogP contribution in [0.15, 0.2) is 42.5 Å². The first-order chi connectivity index (χ1) is 13.6. The lowest BCUT2D eigenvalue weighted by atomic mass is 9.97. The Hall–Kier alpha value is -2.41. The maximum Gasteiger partial charge on any atom is 0.417 e. The van der Waals surface area contributed by atoms with Crippen LogP contribution in [-0.4, -0.2) is 43.9 Å². The van der Waals surface area contributed by atoms with Crippen LogP contribution in [0.25, 0.3) is 0 Å². The zero-order chi connectivity index (χ0) is 21.2. The summed E-state index contributed by atoms with van der Waals surface area (Å²) in [7, 11) is 4.09. The quantitative estimate of drug-likeness (QED) is 0.525. The number of benzene rings is 2. The van der Waals surface area contributed by atoms with E-state index in [2.05, 4.69) is 16.8 Å². The van der Waals surface area contributed by atoms with Gasteiger partial charge in [-0.3, -0.25) is 4.79 Å². The summed E-state index contributed by atoms with van der Waals surface area (Å²) in [6.07, 6.45) is -2.91. The highest BCUT2D eigenvalue weighted by Gasteiger charge is 2.35. The van der Waals surface area contributed by atoms with Crippen LogP contribution >= 0.6 is 0 Å². The van der Waals surface area contributed by atoms with Gasteiger partial charge in [-0.2, -0.15) is 13.2 Å². The topological polar surface area (TPSA) is 23.6 Å². The van der Waals surface area contributed by atoms with Gasteiger partial charge in [0.25, 0.3) is 0 Å². The second-order valence-corrected chi connectivity index (χ2v) is 7.60. The van der Waals surface area contributed by atoms with Gasteiger partial charge < -0.3 is 9.80 Å². The average molecular weight is 408 g/mol. The molecule has 2 aromatic carbocycles. The van der Waals surface area contributed by atoms with Gasteiger partial charge in [0.15, 0.2) is 5.78 Å². The highest BCUT2D eigenvalue weighted by Crippen LogP contribution is 2.33. The number of likely N-dealkylation sites (tertiary alicyclic amines) is 1. The van der Waals surface area contributed by atoms with Crippen molar-refractivity contribution in [2.75, 3.05) is 32.1 Å². The SMILES string of the molecule is CN1CCC(N(C)c2cccc(CC(=O)c3ccc(F)cc3C(F)(F)F)c2)CC1. The Balaban J connectivity index is 1.78. The monoisotopic (exact) mass is 408 g/mol. The Bertz CT molecular complexity index is 873. The van der Waals surface area contributed by atoms with Crippen LogP contribution in [0.4, 0.5) is 23.2 Å². The van der Waals surface area contributed by atoms with E-state index in [0.717, 1.165) is 43.8 Å². The highest BCUT2D eigenvalue weighted by atomic mass is 19.4. The molecule has 0 aromatic heterocycles. The molecule has 1 aliphatic rings. The van der Waals surface area contributed by atoms with Crippen molar-refractivity contribution in [3.8, 4) is 0 Å². The molecule has 0 saturated carbocycles. The van der Waals surface area contributed by atoms with E-state index in [1.165, 1.54) is 0 Å². The third-order valence-corrected chi connectivity index (χ3v) is 5.51. The van der Waals surface area contributed by atoms with Crippen molar-refractivity contribution in [2.45, 2.75) is 31.5 Å². The third-order valence-electron chi connectivity index (χ3n) is 5.51. The van der Waals surface area contributed by atoms with Gasteiger partial charge in [-0.1, -0.05) is 12.1 Å². The number of halogens is 4. The summed E-state index contributed by atoms with van der Waals surface area (Å²) < 4.78 is 52.9. The van der Waals surface area contributed by atoms with Crippen LogP contribution in [-0.2, 0) is 12.6 Å². The number of alkyl halides is 3. The first kappa shape index (κ1) is 21.3. The number of nitrogens with zero attached hydrogens (tertiary/aromatic N) is 2. The van der Waals surface area contributed by atoms with E-state index >= 15 is 0 Å². The Labute approximate surface area is 167 Å². The standard InChI is InChI=1S/C22H24F4N2O/c1-27-10-8-17(9-11-27)28(2)18-5-3-4-15(12-18)13-21(29)19-7-6-16(23)14-20(19)22(24,25)26/h3-7,12,14,17H,8-11,13H2,1-2H3. The number of hydrogen-bond donors (Lipinski definition) is 0. The first-order valence-electron chi connectivity index (χ1n) is 9.55. The molecule has 0 atom stereocenters. The minimum absolute atomic E-state index is 0.177. The molecule has 0 N–H and O–H groups in total. The van der Waals surface area contributed by atoms with Gasteiger partial charge >= 0.3 is 6.18 Å². The van der Waals surface area contributed by atoms with Gasteiger partial charge in [-0.05, 0) is 68.9 Å². The molecule has 1 heterocycles. The molecule has 1 aliphatic heterocycles. The molecule has 156 valence electrons. The Morgan fingerprint density at radius 2 is 1.83 bits per heavy atom. The molecule has 2 aromatic rings. The molecule has 0 spiro atoms. The molecule has 29 heavy (non-hydrogen) atoms. The summed E-state index contributed by atoms with van der Waals surface area (Å²) in [5.74, 6) is -1.70. The summed E-state index contributed by atoms with van der Waals surface area (Å²) in [6, 6.07) is 9.85. The normalized spacial score (nSPS) is 16.1. The summed E-state index contributed by atoms with van der Waals surface area (Å²) in [5, 5.41) is 0. The molecule has 7 heteroatoms. The fraction of sp³-hybridized carbons (Fsp3) is 0.409. The predicted molar refractivity (Wildman–Crippen MR) is 105 cm³/mol. The van der Waals surface area contributed by atoms with E-state index in [1.54, 1.807) is 12.1 Å². The summed E-state index contributed by atoms with van der Waals surface area (Å²) >= 11 is 0. The summed E-state index contributed by atoms with van der Waals surface area (Å²) in [6.45, 7) is 2.02. The zero-order valence-corrected chi connectivity index (χ0v) is 16.5. The lowest BCUT2D eigenvalue weighted by Gasteiger charge is -2.36. The van der Waals surface area contributed by atoms with Crippen LogP contribution in [0.5, 0.6) is 0 Å². The Kier molecular flexibility index (Phi) is 6.27. The maximum atomic E-state index is 13.3. The smallest absolute Gasteiger partial charge is 0.372 e. The van der Waals surface area contributed by atoms with E-state index in [0.29, 0.717) is 17.7 Å². The van der Waals surface area contributed by atoms with Gasteiger partial charge in [0.2, 0.25) is 0 Å². The molecule has 0 amide bonds. The Morgan fingerprint density at radius 1 is 1.14 bits per heavy atom. The maximum absolute atomic E-state index is 13.3. The van der Waals surface area contributed by atoms with Crippen molar-refractivity contribution in [2.24, 2.45) is 0 Å². The van der Waals surface area contributed by atoms with Crippen molar-refractivity contribution >= 4 is 11.5 Å². The lowest BCUT2D eigenvalue weighted by molar-refractivity contribution is -0.138. The van der Waals surface area contributed by atoms with Crippen LogP contribution < -0.4 is 4.90 Å². The molecular formula is C22H24F4N2O. The van der Waals surface area contributed by atoms with Gasteiger partial charge in [-0.25, -0.2) is 4.39 Å². The highest BCUT2D eigenvalue weighted by molar-refractivity contribution is 5.99. The van der Waals surface area contributed by atoms with E-state index in [-0.39, 0.29) is 6.42 Å². The summed E-state index contributed by atoms with van der Waals surface area (Å²) in [4.78, 5) is 17.0. The minimum Gasteiger partial charge on any atom is -0.372 e. The molecule has 1 saturated heterocycles. The van der Waals surface area contributed by atoms with E-state index in [4.69, 9.17) is 0 Å². The number of rotatable bonds is 5. The third kappa shape index (κ3) is 5.15. The molecule has 3 rings (SSSR count). The van der Waals surface area contributed by atoms with E-state index in [1.807, 2.05) is 19.2 Å². The molecule has 0 unspecified atom stereocenters. The average Bonchev–Trinajstić information content (AvgIpc) is 2.67. The van der Waals surface area contributed by atoms with Crippen molar-refractivity contribution in [3.05, 3.63) is 65.0 Å². The van der Waals surface area contributed by atoms with Crippen molar-refractivity contribution in [3.63, 3.8) is 0 Å². The largest absolute Gasteiger partial charge is 0.417 e. The minimum atomic E-state index is -4.79. The lowest BCUT2D eigenvalue weighted by Crippen LogP contribution is -2.42. The molecule has 1 fully saturated rings. The molecular weight excluding hydrogens is 384 g/mol. The van der Waals surface area contributed by atoms with Crippen LogP contribution in [0.2, 0.25) is 0 Å². The second-order valence-electron chi connectivity index (χ2n) is 7.60. The van der Waals surface area contributed by atoms with Crippen molar-refractivity contribution in [1.29, 1.82) is 0 Å². The van der Waals surface area contributed by atoms with Crippen molar-refractivity contribution in [1.82, 2.24) is 4.90 Å². The number of piperidine rings is 1. The fourth-order valence-electron chi connectivity index (χ4n) is 3.75. The van der Waals surface area contributed by atoms with Crippen LogP contribution in [0, 0.1) is 5.82 Å². The number of carbonyl (C=O) groups is 1. The second kappa shape index (κ2) is 8.53.